The molecule has 5 rings (SSSR count). The number of rotatable bonds is 23. The monoisotopic (exact) mass is 1050 g/mol. The number of aliphatic hydroxyl groups excluding tert-OH is 2. The summed E-state index contributed by atoms with van der Waals surface area (Å²) in [4.78, 5) is 37.7. The highest BCUT2D eigenvalue weighted by atomic mass is 16.5. The van der Waals surface area contributed by atoms with E-state index in [0.29, 0.717) is 42.5 Å². The molecule has 3 heterocycles. The number of fused-ring (bicyclic) bond motifs is 1. The number of nitrogens with two attached hydrogens (primary N) is 1. The molecule has 0 spiro atoms. The zero-order valence-corrected chi connectivity index (χ0v) is 51.1. The van der Waals surface area contributed by atoms with Crippen LogP contribution in [0.1, 0.15) is 197 Å². The molecular formula is C62H111N7O6. The Labute approximate surface area is 457 Å². The average molecular weight is 1050 g/mol. The second-order valence-corrected chi connectivity index (χ2v) is 24.7. The third-order valence-electron chi connectivity index (χ3n) is 14.7. The van der Waals surface area contributed by atoms with E-state index in [2.05, 4.69) is 149 Å². The summed E-state index contributed by atoms with van der Waals surface area (Å²) in [6, 6.07) is 9.83. The Hall–Kier alpha value is -3.88. The number of anilines is 1. The highest BCUT2D eigenvalue weighted by Gasteiger charge is 2.37. The number of aryl methyl sites for hydroxylation is 2. The van der Waals surface area contributed by atoms with Crippen molar-refractivity contribution in [3.63, 3.8) is 0 Å². The summed E-state index contributed by atoms with van der Waals surface area (Å²) in [6.45, 7) is 44.9. The van der Waals surface area contributed by atoms with E-state index in [9.17, 15) is 14.7 Å². The van der Waals surface area contributed by atoms with Crippen LogP contribution in [-0.4, -0.2) is 124 Å². The first-order valence-corrected chi connectivity index (χ1v) is 28.7. The maximum atomic E-state index is 12.3. The fourth-order valence-electron chi connectivity index (χ4n) is 9.22. The summed E-state index contributed by atoms with van der Waals surface area (Å²) >= 11 is 0. The van der Waals surface area contributed by atoms with Gasteiger partial charge in [0, 0.05) is 71.9 Å². The van der Waals surface area contributed by atoms with Gasteiger partial charge in [-0.3, -0.25) is 14.6 Å². The number of piperazine rings is 1. The topological polar surface area (TPSA) is 179 Å². The lowest BCUT2D eigenvalue weighted by molar-refractivity contribution is -0.131. The van der Waals surface area contributed by atoms with Gasteiger partial charge in [0.05, 0.1) is 31.0 Å². The Kier molecular flexibility index (Phi) is 30.8. The number of pyridine rings is 1. The summed E-state index contributed by atoms with van der Waals surface area (Å²) in [6.07, 6.45) is 11.5. The molecule has 2 aliphatic rings. The Morgan fingerprint density at radius 1 is 0.920 bits per heavy atom. The van der Waals surface area contributed by atoms with Crippen molar-refractivity contribution >= 4 is 40.3 Å². The molecule has 1 saturated carbocycles. The van der Waals surface area contributed by atoms with Crippen LogP contribution < -0.4 is 11.1 Å². The van der Waals surface area contributed by atoms with Gasteiger partial charge in [-0.05, 0) is 147 Å². The van der Waals surface area contributed by atoms with E-state index < -0.39 is 0 Å². The SMILES string of the molecule is CC(C)C(C)CC(C)(C)n1c(O)ccc1C=O.CC(C)CC(C)(C)NC(=O)C(C)(C)CC1CC1.CCC.CCC(C)(CO)CO.CCOCC(CC)=Nc1c(N)nc2cc(CCCN3CCN(C)CC3)ccc2c1C. The van der Waals surface area contributed by atoms with Crippen molar-refractivity contribution in [1.29, 1.82) is 0 Å². The number of nitrogens with zero attached hydrogens (tertiary/aromatic N) is 5. The van der Waals surface area contributed by atoms with Crippen LogP contribution >= 0.6 is 0 Å². The lowest BCUT2D eigenvalue weighted by Crippen LogP contribution is -2.49. The first-order valence-electron chi connectivity index (χ1n) is 28.7. The number of aromatic hydroxyl groups is 1. The lowest BCUT2D eigenvalue weighted by atomic mass is 9.84. The number of likely N-dealkylation sites (N-methyl/N-ethyl adjacent to an activating group) is 1. The number of aldehydes is 1. The first kappa shape index (κ1) is 69.1. The smallest absolute Gasteiger partial charge is 0.226 e. The molecule has 1 unspecified atom stereocenters. The minimum Gasteiger partial charge on any atom is -0.494 e. The van der Waals surface area contributed by atoms with Gasteiger partial charge in [-0.2, -0.15) is 0 Å². The van der Waals surface area contributed by atoms with Gasteiger partial charge in [-0.1, -0.05) is 114 Å². The van der Waals surface area contributed by atoms with Gasteiger partial charge in [-0.15, -0.1) is 0 Å². The van der Waals surface area contributed by atoms with Crippen molar-refractivity contribution in [2.45, 2.75) is 200 Å². The molecule has 1 saturated heterocycles. The molecule has 1 aromatic carbocycles. The summed E-state index contributed by atoms with van der Waals surface area (Å²) in [5.41, 5.74) is 11.2. The van der Waals surface area contributed by atoms with E-state index in [1.54, 1.807) is 16.7 Å². The van der Waals surface area contributed by atoms with Crippen molar-refractivity contribution < 1.29 is 29.6 Å². The largest absolute Gasteiger partial charge is 0.494 e. The molecule has 13 nitrogen and oxygen atoms in total. The molecule has 6 N–H and O–H groups in total. The van der Waals surface area contributed by atoms with Gasteiger partial charge in [0.25, 0.3) is 0 Å². The maximum absolute atomic E-state index is 12.3. The number of amides is 1. The second-order valence-electron chi connectivity index (χ2n) is 24.7. The van der Waals surface area contributed by atoms with E-state index >= 15 is 0 Å². The molecule has 0 bridgehead atoms. The predicted molar refractivity (Wildman–Crippen MR) is 318 cm³/mol. The van der Waals surface area contributed by atoms with E-state index in [1.165, 1.54) is 57.4 Å². The van der Waals surface area contributed by atoms with Crippen molar-refractivity contribution in [1.82, 2.24) is 24.7 Å². The molecule has 1 atom stereocenters. The van der Waals surface area contributed by atoms with Crippen LogP contribution in [0.5, 0.6) is 5.88 Å². The third-order valence-corrected chi connectivity index (χ3v) is 14.7. The van der Waals surface area contributed by atoms with Crippen molar-refractivity contribution in [3.8, 4) is 5.88 Å². The molecule has 0 radical (unpaired) electrons. The van der Waals surface area contributed by atoms with Crippen molar-refractivity contribution in [3.05, 3.63) is 47.2 Å². The minimum atomic E-state index is -0.264. The van der Waals surface area contributed by atoms with Crippen LogP contribution in [0.3, 0.4) is 0 Å². The zero-order valence-electron chi connectivity index (χ0n) is 51.1. The molecule has 1 aliphatic heterocycles. The van der Waals surface area contributed by atoms with Gasteiger partial charge in [0.15, 0.2) is 12.2 Å². The fraction of sp³-hybridized carbons (Fsp3) is 0.742. The number of ether oxygens (including phenoxy) is 1. The second kappa shape index (κ2) is 33.4. The highest BCUT2D eigenvalue weighted by Crippen LogP contribution is 2.41. The Morgan fingerprint density at radius 3 is 2.00 bits per heavy atom. The van der Waals surface area contributed by atoms with Crippen LogP contribution in [0.25, 0.3) is 10.9 Å². The number of nitrogen functional groups attached to an aromatic ring is 1. The van der Waals surface area contributed by atoms with Gasteiger partial charge < -0.3 is 45.5 Å². The lowest BCUT2D eigenvalue weighted by Gasteiger charge is -2.33. The number of hydrogen-bond donors (Lipinski definition) is 5. The predicted octanol–water partition coefficient (Wildman–Crippen LogP) is 12.8. The number of carbonyl (C=O) groups is 2. The van der Waals surface area contributed by atoms with Crippen LogP contribution in [0.15, 0.2) is 35.3 Å². The van der Waals surface area contributed by atoms with Crippen LogP contribution in [0.2, 0.25) is 0 Å². The molecule has 13 heteroatoms. The minimum absolute atomic E-state index is 0.0694. The van der Waals surface area contributed by atoms with Gasteiger partial charge >= 0.3 is 0 Å². The maximum Gasteiger partial charge on any atom is 0.226 e. The van der Waals surface area contributed by atoms with E-state index in [-0.39, 0.29) is 46.9 Å². The fourth-order valence-corrected chi connectivity index (χ4v) is 9.22. The number of benzene rings is 1. The van der Waals surface area contributed by atoms with Crippen LogP contribution in [-0.2, 0) is 21.5 Å². The summed E-state index contributed by atoms with van der Waals surface area (Å²) in [7, 11) is 2.20. The zero-order chi connectivity index (χ0) is 57.3. The summed E-state index contributed by atoms with van der Waals surface area (Å²) < 4.78 is 7.25. The van der Waals surface area contributed by atoms with Crippen molar-refractivity contribution in [2.24, 2.45) is 39.5 Å². The molecule has 2 fully saturated rings. The molecule has 3 aromatic rings. The molecule has 2 aromatic heterocycles. The van der Waals surface area contributed by atoms with Crippen LogP contribution in [0.4, 0.5) is 11.5 Å². The molecule has 75 heavy (non-hydrogen) atoms. The van der Waals surface area contributed by atoms with Gasteiger partial charge in [-0.25, -0.2) is 4.98 Å². The van der Waals surface area contributed by atoms with E-state index in [1.807, 2.05) is 20.8 Å². The average Bonchev–Trinajstić information content (AvgIpc) is 4.06. The summed E-state index contributed by atoms with van der Waals surface area (Å²) in [5.74, 6) is 3.40. The molecule has 1 aliphatic carbocycles. The summed E-state index contributed by atoms with van der Waals surface area (Å²) in [5, 5.41) is 31.4. The number of aromatic nitrogens is 2. The number of nitrogens with one attached hydrogen (secondary N) is 1. The molecule has 1 amide bonds. The quantitative estimate of drug-likeness (QED) is 0.0453. The number of carbonyl (C=O) groups excluding carboxylic acids is 2. The number of aliphatic imine (C=N–C) groups is 1. The Morgan fingerprint density at radius 2 is 1.52 bits per heavy atom. The third kappa shape index (κ3) is 25.0. The highest BCUT2D eigenvalue weighted by molar-refractivity contribution is 5.94. The van der Waals surface area contributed by atoms with Gasteiger partial charge in [0.1, 0.15) is 11.5 Å². The van der Waals surface area contributed by atoms with Crippen molar-refractivity contribution in [2.75, 3.05) is 71.9 Å². The van der Waals surface area contributed by atoms with E-state index in [4.69, 9.17) is 25.7 Å². The molecule has 430 valence electrons. The van der Waals surface area contributed by atoms with Gasteiger partial charge in [0.2, 0.25) is 5.91 Å². The Balaban J connectivity index is 0.000000536. The van der Waals surface area contributed by atoms with Crippen LogP contribution in [0, 0.1) is 41.4 Å². The Bertz CT molecular complexity index is 2120. The van der Waals surface area contributed by atoms with E-state index in [0.717, 1.165) is 85.1 Å². The molecular weight excluding hydrogens is 939 g/mol. The first-order chi connectivity index (χ1) is 35.0. The number of hydrogen-bond acceptors (Lipinski definition) is 11. The standard InChI is InChI=1S/C24H37N5O.C15H29NO.C14H23NO2.C6H14O2.C3H8/c1-5-20(17-30-6-2)26-23-18(3)21-10-9-19(16-22(21)27-24(23)25)8-7-11-29-14-12-28(4)13-15-29;1-11(2)9-15(5,6)16-13(17)14(3,4)10-12-7-8-12;1-10(2)11(3)8-14(4,5)15-12(9-16)6-7-13(15)17;1-3-6(2,4-7)5-8;1-3-2/h9-10,16H,5-8,11-15,17H2,1-4H3,(H2,25,27);11-12H,7-10H2,1-6H3,(H,16,17);6-7,9-11,17H,8H2,1-5H3;7-8H,3-5H2,1-2H3;3H2,1-2H3. The number of aliphatic hydroxyl groups is 2. The normalized spacial score (nSPS) is 15.2.